The molecule has 4 atom stereocenters. The standard InChI is InChI=1S/C42H53N3O8Si/c1-29-40(54(4,5)33-19-17-32(51-2)18-20-33)36(27-38(48)43(24-25-46)28-30-12-7-6-8-13-30)53-42(29)34-26-31(44-23-11-14-37(44)47)16-21-35(34)45(41(42)50)22-10-9-15-39(49)52-3/h6-8,12-13,16-21,26,29,36,40,46H,9-11,14-15,22-25,27-28H2,1-5H3/t29-,36+,40-,42+/m0/s1. The van der Waals surface area contributed by atoms with Crippen molar-refractivity contribution < 1.29 is 38.5 Å². The van der Waals surface area contributed by atoms with E-state index in [9.17, 15) is 19.5 Å². The van der Waals surface area contributed by atoms with Crippen molar-refractivity contribution in [3.63, 3.8) is 0 Å². The number of ether oxygens (including phenoxy) is 3. The highest BCUT2D eigenvalue weighted by Crippen LogP contribution is 2.60. The van der Waals surface area contributed by atoms with Gasteiger partial charge in [-0.25, -0.2) is 0 Å². The van der Waals surface area contributed by atoms with Gasteiger partial charge in [-0.2, -0.15) is 0 Å². The van der Waals surface area contributed by atoms with Crippen LogP contribution in [0.5, 0.6) is 5.75 Å². The van der Waals surface area contributed by atoms with Crippen LogP contribution >= 0.6 is 0 Å². The SMILES string of the molecule is COC(=O)CCCCN1C(=O)[C@]2(O[C@H](CC(=O)N(CCO)Cc3ccccc3)[C@@H]([Si](C)(C)c3ccc(OC)cc3)[C@@H]2C)c2cc(N3CCCC3=O)ccc21. The predicted octanol–water partition coefficient (Wildman–Crippen LogP) is 5.14. The number of anilines is 2. The minimum atomic E-state index is -2.55. The number of hydrogen-bond donors (Lipinski definition) is 1. The lowest BCUT2D eigenvalue weighted by Gasteiger charge is -2.37. The van der Waals surface area contributed by atoms with Crippen molar-refractivity contribution in [3.05, 3.63) is 83.9 Å². The highest BCUT2D eigenvalue weighted by molar-refractivity contribution is 6.91. The lowest BCUT2D eigenvalue weighted by Crippen LogP contribution is -2.52. The molecule has 0 aromatic heterocycles. The summed E-state index contributed by atoms with van der Waals surface area (Å²) in [4.78, 5) is 59.6. The van der Waals surface area contributed by atoms with Crippen LogP contribution in [0.25, 0.3) is 0 Å². The summed E-state index contributed by atoms with van der Waals surface area (Å²) in [6.45, 7) is 7.92. The van der Waals surface area contributed by atoms with Gasteiger partial charge in [0, 0.05) is 56.2 Å². The van der Waals surface area contributed by atoms with Crippen molar-refractivity contribution >= 4 is 48.3 Å². The molecule has 3 aromatic rings. The number of rotatable bonds is 15. The molecular weight excluding hydrogens is 703 g/mol. The predicted molar refractivity (Wildman–Crippen MR) is 209 cm³/mol. The average molecular weight is 756 g/mol. The second-order valence-electron chi connectivity index (χ2n) is 15.2. The Balaban J connectivity index is 1.43. The van der Waals surface area contributed by atoms with E-state index in [2.05, 4.69) is 32.2 Å². The lowest BCUT2D eigenvalue weighted by atomic mass is 9.82. The van der Waals surface area contributed by atoms with Gasteiger partial charge in [-0.05, 0) is 60.7 Å². The van der Waals surface area contributed by atoms with E-state index in [1.165, 1.54) is 7.11 Å². The van der Waals surface area contributed by atoms with Gasteiger partial charge in [0.2, 0.25) is 11.8 Å². The topological polar surface area (TPSA) is 126 Å². The highest BCUT2D eigenvalue weighted by atomic mass is 28.3. The number of methoxy groups -OCH3 is 2. The second kappa shape index (κ2) is 16.5. The quantitative estimate of drug-likeness (QED) is 0.129. The van der Waals surface area contributed by atoms with Crippen LogP contribution in [-0.4, -0.2) is 88.3 Å². The number of aliphatic hydroxyl groups excluding tert-OH is 1. The molecule has 54 heavy (non-hydrogen) atoms. The number of aliphatic hydroxyl groups is 1. The number of unbranched alkanes of at least 4 members (excludes halogenated alkanes) is 1. The molecule has 3 aliphatic heterocycles. The molecule has 288 valence electrons. The van der Waals surface area contributed by atoms with E-state index in [4.69, 9.17) is 14.2 Å². The van der Waals surface area contributed by atoms with Crippen LogP contribution in [0.1, 0.15) is 56.6 Å². The molecule has 2 saturated heterocycles. The van der Waals surface area contributed by atoms with Crippen LogP contribution in [0.15, 0.2) is 72.8 Å². The largest absolute Gasteiger partial charge is 0.497 e. The number of hydrogen-bond acceptors (Lipinski definition) is 8. The molecule has 1 spiro atoms. The van der Waals surface area contributed by atoms with Gasteiger partial charge < -0.3 is 34.0 Å². The number of carbonyl (C=O) groups excluding carboxylic acids is 4. The molecule has 3 aromatic carbocycles. The zero-order valence-electron chi connectivity index (χ0n) is 32.1. The molecule has 3 amide bonds. The van der Waals surface area contributed by atoms with Crippen molar-refractivity contribution in [2.24, 2.45) is 5.92 Å². The minimum Gasteiger partial charge on any atom is -0.497 e. The molecule has 0 saturated carbocycles. The third-order valence-corrected chi connectivity index (χ3v) is 16.1. The summed E-state index contributed by atoms with van der Waals surface area (Å²) >= 11 is 0. The summed E-state index contributed by atoms with van der Waals surface area (Å²) in [5.74, 6) is -0.205. The lowest BCUT2D eigenvalue weighted by molar-refractivity contribution is -0.149. The number of nitrogens with zero attached hydrogens (tertiary/aromatic N) is 3. The van der Waals surface area contributed by atoms with Gasteiger partial charge >= 0.3 is 5.97 Å². The summed E-state index contributed by atoms with van der Waals surface area (Å²) in [7, 11) is 0.450. The monoisotopic (exact) mass is 755 g/mol. The first-order valence-corrected chi connectivity index (χ1v) is 22.1. The van der Waals surface area contributed by atoms with Crippen LogP contribution < -0.4 is 19.7 Å². The maximum absolute atomic E-state index is 15.2. The molecule has 0 aliphatic carbocycles. The summed E-state index contributed by atoms with van der Waals surface area (Å²) in [5, 5.41) is 11.2. The molecule has 3 aliphatic rings. The van der Waals surface area contributed by atoms with Crippen LogP contribution in [0.2, 0.25) is 18.6 Å². The fourth-order valence-electron chi connectivity index (χ4n) is 8.97. The third kappa shape index (κ3) is 7.43. The summed E-state index contributed by atoms with van der Waals surface area (Å²) in [5.41, 5.74) is 1.52. The minimum absolute atomic E-state index is 0.0300. The van der Waals surface area contributed by atoms with E-state index < -0.39 is 19.8 Å². The van der Waals surface area contributed by atoms with Crippen LogP contribution in [0.3, 0.4) is 0 Å². The van der Waals surface area contributed by atoms with Crippen molar-refractivity contribution in [1.29, 1.82) is 0 Å². The maximum Gasteiger partial charge on any atom is 0.305 e. The second-order valence-corrected chi connectivity index (χ2v) is 19.9. The molecule has 12 heteroatoms. The normalized spacial score (nSPS) is 22.2. The van der Waals surface area contributed by atoms with Gasteiger partial charge in [-0.1, -0.05) is 67.7 Å². The van der Waals surface area contributed by atoms with Crippen molar-refractivity contribution in [2.75, 3.05) is 50.3 Å². The Kier molecular flexibility index (Phi) is 11.9. The molecule has 0 bridgehead atoms. The van der Waals surface area contributed by atoms with E-state index in [1.807, 2.05) is 60.7 Å². The van der Waals surface area contributed by atoms with Crippen LogP contribution in [-0.2, 0) is 40.8 Å². The van der Waals surface area contributed by atoms with E-state index in [-0.39, 0.29) is 61.1 Å². The first kappa shape index (κ1) is 39.2. The van der Waals surface area contributed by atoms with Crippen LogP contribution in [0.4, 0.5) is 11.4 Å². The Morgan fingerprint density at radius 2 is 1.76 bits per heavy atom. The van der Waals surface area contributed by atoms with Crippen molar-refractivity contribution in [2.45, 2.75) is 82.3 Å². The fraction of sp³-hybridized carbons (Fsp3) is 0.476. The molecular formula is C42H53N3O8Si. The Morgan fingerprint density at radius 3 is 2.41 bits per heavy atom. The smallest absolute Gasteiger partial charge is 0.305 e. The molecule has 6 rings (SSSR count). The van der Waals surface area contributed by atoms with E-state index in [1.54, 1.807) is 21.8 Å². The molecule has 0 unspecified atom stereocenters. The van der Waals surface area contributed by atoms with Gasteiger partial charge in [0.1, 0.15) is 5.75 Å². The molecule has 11 nitrogen and oxygen atoms in total. The number of esters is 1. The molecule has 0 radical (unpaired) electrons. The van der Waals surface area contributed by atoms with Gasteiger partial charge in [-0.3, -0.25) is 19.2 Å². The zero-order valence-corrected chi connectivity index (χ0v) is 33.1. The highest BCUT2D eigenvalue weighted by Gasteiger charge is 2.66. The Hall–Kier alpha value is -4.52. The van der Waals surface area contributed by atoms with E-state index in [0.29, 0.717) is 44.5 Å². The first-order valence-electron chi connectivity index (χ1n) is 19.0. The van der Waals surface area contributed by atoms with Gasteiger partial charge in [-0.15, -0.1) is 0 Å². The molecule has 2 fully saturated rings. The average Bonchev–Trinajstić information content (AvgIpc) is 3.81. The van der Waals surface area contributed by atoms with Crippen LogP contribution in [0, 0.1) is 5.92 Å². The van der Waals surface area contributed by atoms with Gasteiger partial charge in [0.25, 0.3) is 5.91 Å². The maximum atomic E-state index is 15.2. The summed E-state index contributed by atoms with van der Waals surface area (Å²) in [6.07, 6.45) is 2.02. The third-order valence-electron chi connectivity index (χ3n) is 11.8. The fourth-order valence-corrected chi connectivity index (χ4v) is 13.0. The van der Waals surface area contributed by atoms with Crippen molar-refractivity contribution in [1.82, 2.24) is 4.90 Å². The number of fused-ring (bicyclic) bond motifs is 2. The zero-order chi connectivity index (χ0) is 38.6. The number of carbonyl (C=O) groups is 4. The van der Waals surface area contributed by atoms with Crippen molar-refractivity contribution in [3.8, 4) is 5.75 Å². The Morgan fingerprint density at radius 1 is 1.02 bits per heavy atom. The number of benzene rings is 3. The van der Waals surface area contributed by atoms with Gasteiger partial charge in [0.15, 0.2) is 5.60 Å². The summed E-state index contributed by atoms with van der Waals surface area (Å²) in [6, 6.07) is 23.6. The first-order chi connectivity index (χ1) is 26.0. The van der Waals surface area contributed by atoms with Gasteiger partial charge in [0.05, 0.1) is 47.1 Å². The number of amides is 3. The molecule has 3 heterocycles. The van der Waals surface area contributed by atoms with E-state index >= 15 is 4.79 Å². The summed E-state index contributed by atoms with van der Waals surface area (Å²) < 4.78 is 17.6. The Labute approximate surface area is 319 Å². The molecule has 1 N–H and O–H groups in total. The Bertz CT molecular complexity index is 1840. The van der Waals surface area contributed by atoms with E-state index in [0.717, 1.165) is 34.3 Å².